The summed E-state index contributed by atoms with van der Waals surface area (Å²) in [4.78, 5) is 16.6. The molecule has 1 fully saturated rings. The summed E-state index contributed by atoms with van der Waals surface area (Å²) < 4.78 is 10.6. The second kappa shape index (κ2) is 5.03. The molecule has 0 aromatic carbocycles. The SMILES string of the molecule is COCc1nc(C2CCCO2)sc1C(C)=O. The van der Waals surface area contributed by atoms with Gasteiger partial charge < -0.3 is 9.47 Å². The zero-order valence-corrected chi connectivity index (χ0v) is 10.3. The van der Waals surface area contributed by atoms with Crippen LogP contribution in [0.25, 0.3) is 0 Å². The third-order valence-corrected chi connectivity index (χ3v) is 3.81. The molecule has 0 N–H and O–H groups in total. The number of carbonyl (C=O) groups excluding carboxylic acids is 1. The second-order valence-electron chi connectivity index (χ2n) is 3.82. The Morgan fingerprint density at radius 2 is 2.50 bits per heavy atom. The molecule has 0 saturated carbocycles. The van der Waals surface area contributed by atoms with Gasteiger partial charge in [-0.25, -0.2) is 4.98 Å². The summed E-state index contributed by atoms with van der Waals surface area (Å²) in [6.07, 6.45) is 2.14. The van der Waals surface area contributed by atoms with Gasteiger partial charge >= 0.3 is 0 Å². The fourth-order valence-electron chi connectivity index (χ4n) is 1.79. The van der Waals surface area contributed by atoms with Gasteiger partial charge in [0, 0.05) is 20.6 Å². The molecule has 2 heterocycles. The Morgan fingerprint density at radius 3 is 3.06 bits per heavy atom. The summed E-state index contributed by atoms with van der Waals surface area (Å²) in [5.41, 5.74) is 0.741. The normalized spacial score (nSPS) is 20.2. The molecule has 1 aliphatic heterocycles. The molecule has 0 aliphatic carbocycles. The van der Waals surface area contributed by atoms with Crippen molar-refractivity contribution >= 4 is 17.1 Å². The number of ether oxygens (including phenoxy) is 2. The lowest BCUT2D eigenvalue weighted by molar-refractivity contribution is 0.101. The van der Waals surface area contributed by atoms with Crippen molar-refractivity contribution in [3.63, 3.8) is 0 Å². The molecular formula is C11H15NO3S. The van der Waals surface area contributed by atoms with Gasteiger partial charge in [-0.3, -0.25) is 4.79 Å². The molecule has 16 heavy (non-hydrogen) atoms. The van der Waals surface area contributed by atoms with Gasteiger partial charge in [-0.15, -0.1) is 11.3 Å². The molecule has 1 aromatic rings. The van der Waals surface area contributed by atoms with Crippen molar-refractivity contribution in [3.8, 4) is 0 Å². The number of nitrogens with zero attached hydrogens (tertiary/aromatic N) is 1. The molecule has 0 radical (unpaired) electrons. The second-order valence-corrected chi connectivity index (χ2v) is 4.85. The van der Waals surface area contributed by atoms with Crippen LogP contribution in [0.15, 0.2) is 0 Å². The van der Waals surface area contributed by atoms with Crippen molar-refractivity contribution < 1.29 is 14.3 Å². The minimum Gasteiger partial charge on any atom is -0.378 e. The molecule has 4 nitrogen and oxygen atoms in total. The lowest BCUT2D eigenvalue weighted by Gasteiger charge is -2.03. The van der Waals surface area contributed by atoms with E-state index in [9.17, 15) is 4.79 Å². The first-order valence-electron chi connectivity index (χ1n) is 5.33. The van der Waals surface area contributed by atoms with Crippen LogP contribution < -0.4 is 0 Å². The Balaban J connectivity index is 2.26. The van der Waals surface area contributed by atoms with E-state index >= 15 is 0 Å². The quantitative estimate of drug-likeness (QED) is 0.759. The Kier molecular flexibility index (Phi) is 3.68. The third-order valence-electron chi connectivity index (χ3n) is 2.52. The van der Waals surface area contributed by atoms with Crippen LogP contribution in [0.3, 0.4) is 0 Å². The number of carbonyl (C=O) groups is 1. The molecule has 5 heteroatoms. The highest BCUT2D eigenvalue weighted by atomic mass is 32.1. The zero-order valence-electron chi connectivity index (χ0n) is 9.49. The van der Waals surface area contributed by atoms with E-state index in [-0.39, 0.29) is 11.9 Å². The van der Waals surface area contributed by atoms with Gasteiger partial charge in [0.15, 0.2) is 5.78 Å². The van der Waals surface area contributed by atoms with Crippen LogP contribution >= 0.6 is 11.3 Å². The van der Waals surface area contributed by atoms with Crippen LogP contribution in [0.1, 0.15) is 46.2 Å². The van der Waals surface area contributed by atoms with Crippen LogP contribution in [0.5, 0.6) is 0 Å². The van der Waals surface area contributed by atoms with Gasteiger partial charge in [-0.2, -0.15) is 0 Å². The first-order valence-corrected chi connectivity index (χ1v) is 6.15. The Labute approximate surface area is 98.6 Å². The topological polar surface area (TPSA) is 48.4 Å². The van der Waals surface area contributed by atoms with Crippen LogP contribution in [0.4, 0.5) is 0 Å². The molecule has 0 bridgehead atoms. The number of methoxy groups -OCH3 is 1. The lowest BCUT2D eigenvalue weighted by Crippen LogP contribution is -1.98. The zero-order chi connectivity index (χ0) is 11.5. The average Bonchev–Trinajstić information content (AvgIpc) is 2.83. The van der Waals surface area contributed by atoms with E-state index in [1.807, 2.05) is 0 Å². The van der Waals surface area contributed by atoms with Gasteiger partial charge in [0.05, 0.1) is 17.2 Å². The minimum atomic E-state index is 0.0498. The molecule has 88 valence electrons. The van der Waals surface area contributed by atoms with E-state index < -0.39 is 0 Å². The Hall–Kier alpha value is -0.780. The molecule has 1 unspecified atom stereocenters. The summed E-state index contributed by atoms with van der Waals surface area (Å²) in [6.45, 7) is 2.74. The smallest absolute Gasteiger partial charge is 0.171 e. The van der Waals surface area contributed by atoms with Crippen LogP contribution in [-0.2, 0) is 16.1 Å². The van der Waals surface area contributed by atoms with E-state index in [0.29, 0.717) is 11.5 Å². The maximum atomic E-state index is 11.4. The maximum Gasteiger partial charge on any atom is 0.171 e. The van der Waals surface area contributed by atoms with E-state index in [1.54, 1.807) is 14.0 Å². The first kappa shape index (κ1) is 11.7. The lowest BCUT2D eigenvalue weighted by atomic mass is 10.2. The number of hydrogen-bond acceptors (Lipinski definition) is 5. The highest BCUT2D eigenvalue weighted by molar-refractivity contribution is 7.13. The van der Waals surface area contributed by atoms with Crippen LogP contribution in [0, 0.1) is 0 Å². The monoisotopic (exact) mass is 241 g/mol. The fourth-order valence-corrected chi connectivity index (χ4v) is 2.84. The third kappa shape index (κ3) is 2.31. The number of rotatable bonds is 4. The van der Waals surface area contributed by atoms with Crippen molar-refractivity contribution in [2.75, 3.05) is 13.7 Å². The minimum absolute atomic E-state index is 0.0498. The molecule has 1 aromatic heterocycles. The van der Waals surface area contributed by atoms with Crippen molar-refractivity contribution in [2.45, 2.75) is 32.5 Å². The summed E-state index contributed by atoms with van der Waals surface area (Å²) in [6, 6.07) is 0. The summed E-state index contributed by atoms with van der Waals surface area (Å²) >= 11 is 1.44. The molecule has 1 saturated heterocycles. The summed E-state index contributed by atoms with van der Waals surface area (Å²) in [5, 5.41) is 0.912. The maximum absolute atomic E-state index is 11.4. The van der Waals surface area contributed by atoms with Gasteiger partial charge in [0.2, 0.25) is 0 Å². The van der Waals surface area contributed by atoms with Gasteiger partial charge in [-0.1, -0.05) is 0 Å². The Morgan fingerprint density at radius 1 is 1.69 bits per heavy atom. The number of aromatic nitrogens is 1. The average molecular weight is 241 g/mol. The first-order chi connectivity index (χ1) is 7.72. The van der Waals surface area contributed by atoms with Crippen molar-refractivity contribution in [2.24, 2.45) is 0 Å². The standard InChI is InChI=1S/C11H15NO3S/c1-7(13)10-8(6-14-2)12-11(16-10)9-4-3-5-15-9/h9H,3-6H2,1-2H3. The van der Waals surface area contributed by atoms with E-state index in [4.69, 9.17) is 9.47 Å². The van der Waals surface area contributed by atoms with Gasteiger partial charge in [0.1, 0.15) is 11.1 Å². The molecular weight excluding hydrogens is 226 g/mol. The summed E-state index contributed by atoms with van der Waals surface area (Å²) in [7, 11) is 1.61. The highest BCUT2D eigenvalue weighted by Gasteiger charge is 2.24. The summed E-state index contributed by atoms with van der Waals surface area (Å²) in [5.74, 6) is 0.0498. The van der Waals surface area contributed by atoms with Crippen LogP contribution in [0.2, 0.25) is 0 Å². The van der Waals surface area contributed by atoms with Crippen molar-refractivity contribution in [3.05, 3.63) is 15.6 Å². The molecule has 0 amide bonds. The largest absolute Gasteiger partial charge is 0.378 e. The van der Waals surface area contributed by atoms with Gasteiger partial charge in [0.25, 0.3) is 0 Å². The number of Topliss-reactive ketones (excluding diaryl/α,β-unsaturated/α-hetero) is 1. The van der Waals surface area contributed by atoms with Crippen LogP contribution in [-0.4, -0.2) is 24.5 Å². The van der Waals surface area contributed by atoms with E-state index in [0.717, 1.165) is 30.2 Å². The predicted octanol–water partition coefficient (Wildman–Crippen LogP) is 2.34. The number of ketones is 1. The number of thiazole rings is 1. The predicted molar refractivity (Wildman–Crippen MR) is 60.8 cm³/mol. The van der Waals surface area contributed by atoms with Crippen molar-refractivity contribution in [1.82, 2.24) is 4.98 Å². The molecule has 0 spiro atoms. The molecule has 1 aliphatic rings. The number of hydrogen-bond donors (Lipinski definition) is 0. The Bertz CT molecular complexity index is 383. The highest BCUT2D eigenvalue weighted by Crippen LogP contribution is 2.33. The molecule has 2 rings (SSSR count). The van der Waals surface area contributed by atoms with Crippen molar-refractivity contribution in [1.29, 1.82) is 0 Å². The van der Waals surface area contributed by atoms with E-state index in [1.165, 1.54) is 11.3 Å². The molecule has 1 atom stereocenters. The fraction of sp³-hybridized carbons (Fsp3) is 0.636. The van der Waals surface area contributed by atoms with Gasteiger partial charge in [-0.05, 0) is 12.8 Å². The van der Waals surface area contributed by atoms with E-state index in [2.05, 4.69) is 4.98 Å².